The second-order valence-electron chi connectivity index (χ2n) is 6.67. The van der Waals surface area contributed by atoms with Crippen molar-refractivity contribution in [3.05, 3.63) is 63.5 Å². The van der Waals surface area contributed by atoms with Gasteiger partial charge in [-0.05, 0) is 78.4 Å². The van der Waals surface area contributed by atoms with E-state index in [0.717, 1.165) is 31.0 Å². The lowest BCUT2D eigenvalue weighted by Crippen LogP contribution is -2.15. The fourth-order valence-corrected chi connectivity index (χ4v) is 4.40. The Kier molecular flexibility index (Phi) is 5.45. The molecule has 0 atom stereocenters. The molecule has 7 heteroatoms. The summed E-state index contributed by atoms with van der Waals surface area (Å²) in [5.74, 6) is -0.0203. The first-order valence-electron chi connectivity index (χ1n) is 8.95. The number of nitrogens with zero attached hydrogens (tertiary/aromatic N) is 3. The Hall–Kier alpha value is -2.26. The molecule has 0 aliphatic rings. The number of aromatic nitrogens is 3. The summed E-state index contributed by atoms with van der Waals surface area (Å²) in [5, 5.41) is 8.23. The molecule has 5 nitrogen and oxygen atoms in total. The van der Waals surface area contributed by atoms with E-state index < -0.39 is 0 Å². The molecule has 0 aliphatic carbocycles. The third-order valence-corrected chi connectivity index (χ3v) is 6.68. The van der Waals surface area contributed by atoms with Crippen LogP contribution in [-0.4, -0.2) is 20.7 Å². The Morgan fingerprint density at radius 3 is 2.68 bits per heavy atom. The topological polar surface area (TPSA) is 59.8 Å². The number of thiazole rings is 1. The second-order valence-corrected chi connectivity index (χ2v) is 8.86. The fourth-order valence-electron chi connectivity index (χ4n) is 2.93. The number of hydrogen-bond acceptors (Lipinski definition) is 4. The molecule has 0 bridgehead atoms. The van der Waals surface area contributed by atoms with E-state index in [-0.39, 0.29) is 5.91 Å². The molecule has 0 spiro atoms. The average Bonchev–Trinajstić information content (AvgIpc) is 3.24. The molecule has 0 saturated carbocycles. The number of nitrogens with one attached hydrogen (secondary N) is 1. The van der Waals surface area contributed by atoms with Crippen molar-refractivity contribution in [3.8, 4) is 10.6 Å². The van der Waals surface area contributed by atoms with Crippen LogP contribution in [0, 0.1) is 17.4 Å². The van der Waals surface area contributed by atoms with Gasteiger partial charge >= 0.3 is 0 Å². The van der Waals surface area contributed by atoms with Gasteiger partial charge in [0, 0.05) is 23.4 Å². The molecule has 0 fully saturated rings. The predicted molar refractivity (Wildman–Crippen MR) is 123 cm³/mol. The first-order chi connectivity index (χ1) is 13.5. The minimum Gasteiger partial charge on any atom is -0.326 e. The van der Waals surface area contributed by atoms with Crippen LogP contribution in [0.25, 0.3) is 20.8 Å². The second kappa shape index (κ2) is 8.00. The van der Waals surface area contributed by atoms with Gasteiger partial charge in [0.05, 0.1) is 26.5 Å². The lowest BCUT2D eigenvalue weighted by molar-refractivity contribution is -0.116. The number of carbonyl (C=O) groups excluding carboxylic acids is 1. The minimum atomic E-state index is -0.0203. The smallest absolute Gasteiger partial charge is 0.226 e. The maximum atomic E-state index is 12.2. The molecular weight excluding hydrogens is 483 g/mol. The van der Waals surface area contributed by atoms with Crippen LogP contribution in [0.1, 0.15) is 17.7 Å². The molecule has 28 heavy (non-hydrogen) atoms. The molecule has 0 radical (unpaired) electrons. The molecule has 0 saturated heterocycles. The van der Waals surface area contributed by atoms with E-state index in [1.54, 1.807) is 11.3 Å². The van der Waals surface area contributed by atoms with E-state index in [0.29, 0.717) is 13.0 Å². The van der Waals surface area contributed by atoms with Crippen molar-refractivity contribution in [1.29, 1.82) is 0 Å². The lowest BCUT2D eigenvalue weighted by atomic mass is 10.2. The van der Waals surface area contributed by atoms with Gasteiger partial charge in [-0.15, -0.1) is 11.3 Å². The van der Waals surface area contributed by atoms with Gasteiger partial charge in [-0.1, -0.05) is 6.07 Å². The van der Waals surface area contributed by atoms with E-state index in [1.165, 1.54) is 10.3 Å². The van der Waals surface area contributed by atoms with Crippen molar-refractivity contribution < 1.29 is 4.79 Å². The molecule has 4 aromatic rings. The molecule has 1 N–H and O–H groups in total. The third-order valence-electron chi connectivity index (χ3n) is 4.55. The summed E-state index contributed by atoms with van der Waals surface area (Å²) in [7, 11) is 0. The highest BCUT2D eigenvalue weighted by Gasteiger charge is 2.09. The average molecular weight is 502 g/mol. The Labute approximate surface area is 180 Å². The van der Waals surface area contributed by atoms with E-state index in [1.807, 2.05) is 42.1 Å². The zero-order valence-corrected chi connectivity index (χ0v) is 18.5. The van der Waals surface area contributed by atoms with Gasteiger partial charge in [0.25, 0.3) is 0 Å². The maximum Gasteiger partial charge on any atom is 0.226 e. The summed E-state index contributed by atoms with van der Waals surface area (Å²) in [6.07, 6.45) is 2.20. The van der Waals surface area contributed by atoms with Gasteiger partial charge in [0.1, 0.15) is 5.01 Å². The molecule has 0 aliphatic heterocycles. The number of benzene rings is 2. The molecular formula is C21H19IN4OS. The van der Waals surface area contributed by atoms with Gasteiger partial charge in [0.15, 0.2) is 0 Å². The SMILES string of the molecule is Cc1ccc2nc(-c3ccc(NC(=O)CCn4ncc(I)c4C)cc3)sc2c1. The van der Waals surface area contributed by atoms with Crippen molar-refractivity contribution in [2.45, 2.75) is 26.8 Å². The van der Waals surface area contributed by atoms with Crippen LogP contribution < -0.4 is 5.32 Å². The third kappa shape index (κ3) is 4.10. The molecule has 142 valence electrons. The van der Waals surface area contributed by atoms with Crippen LogP contribution >= 0.6 is 33.9 Å². The van der Waals surface area contributed by atoms with Crippen molar-refractivity contribution in [2.24, 2.45) is 0 Å². The highest BCUT2D eigenvalue weighted by atomic mass is 127. The molecule has 2 aromatic carbocycles. The first-order valence-corrected chi connectivity index (χ1v) is 10.8. The standard InChI is InChI=1S/C21H19IN4OS/c1-13-3-8-18-19(11-13)28-21(25-18)15-4-6-16(7-5-15)24-20(27)9-10-26-14(2)17(22)12-23-26/h3-8,11-12H,9-10H2,1-2H3,(H,24,27). The van der Waals surface area contributed by atoms with Gasteiger partial charge < -0.3 is 5.32 Å². The number of carbonyl (C=O) groups is 1. The van der Waals surface area contributed by atoms with E-state index in [9.17, 15) is 4.79 Å². The summed E-state index contributed by atoms with van der Waals surface area (Å²) in [5.41, 5.74) is 5.19. The van der Waals surface area contributed by atoms with E-state index >= 15 is 0 Å². The van der Waals surface area contributed by atoms with Crippen LogP contribution in [-0.2, 0) is 11.3 Å². The Morgan fingerprint density at radius 2 is 1.96 bits per heavy atom. The molecule has 2 aromatic heterocycles. The summed E-state index contributed by atoms with van der Waals surface area (Å²) in [6, 6.07) is 14.1. The van der Waals surface area contributed by atoms with Gasteiger partial charge in [-0.3, -0.25) is 9.48 Å². The number of halogens is 1. The quantitative estimate of drug-likeness (QED) is 0.372. The zero-order valence-electron chi connectivity index (χ0n) is 15.6. The van der Waals surface area contributed by atoms with Crippen molar-refractivity contribution in [2.75, 3.05) is 5.32 Å². The minimum absolute atomic E-state index is 0.0203. The van der Waals surface area contributed by atoms with Crippen LogP contribution in [0.5, 0.6) is 0 Å². The highest BCUT2D eigenvalue weighted by Crippen LogP contribution is 2.31. The normalized spacial score (nSPS) is 11.1. The number of hydrogen-bond donors (Lipinski definition) is 1. The fraction of sp³-hybridized carbons (Fsp3) is 0.190. The molecule has 1 amide bonds. The molecule has 4 rings (SSSR count). The Bertz CT molecular complexity index is 1150. The Balaban J connectivity index is 1.41. The largest absolute Gasteiger partial charge is 0.326 e. The van der Waals surface area contributed by atoms with Crippen molar-refractivity contribution >= 4 is 55.7 Å². The van der Waals surface area contributed by atoms with Crippen LogP contribution in [0.15, 0.2) is 48.7 Å². The number of aryl methyl sites for hydroxylation is 2. The van der Waals surface area contributed by atoms with E-state index in [4.69, 9.17) is 4.98 Å². The summed E-state index contributed by atoms with van der Waals surface area (Å²) in [6.45, 7) is 4.67. The van der Waals surface area contributed by atoms with Crippen LogP contribution in [0.4, 0.5) is 5.69 Å². The summed E-state index contributed by atoms with van der Waals surface area (Å²) in [4.78, 5) is 17.0. The van der Waals surface area contributed by atoms with E-state index in [2.05, 4.69) is 58.1 Å². The maximum absolute atomic E-state index is 12.2. The lowest BCUT2D eigenvalue weighted by Gasteiger charge is -2.07. The predicted octanol–water partition coefficient (Wildman–Crippen LogP) is 5.41. The van der Waals surface area contributed by atoms with Crippen LogP contribution in [0.3, 0.4) is 0 Å². The summed E-state index contributed by atoms with van der Waals surface area (Å²) >= 11 is 3.93. The van der Waals surface area contributed by atoms with Crippen LogP contribution in [0.2, 0.25) is 0 Å². The van der Waals surface area contributed by atoms with Gasteiger partial charge in [-0.2, -0.15) is 5.10 Å². The number of anilines is 1. The monoisotopic (exact) mass is 502 g/mol. The summed E-state index contributed by atoms with van der Waals surface area (Å²) < 4.78 is 4.16. The zero-order chi connectivity index (χ0) is 19.7. The molecule has 0 unspecified atom stereocenters. The highest BCUT2D eigenvalue weighted by molar-refractivity contribution is 14.1. The van der Waals surface area contributed by atoms with Gasteiger partial charge in [0.2, 0.25) is 5.91 Å². The number of rotatable bonds is 5. The Morgan fingerprint density at radius 1 is 1.18 bits per heavy atom. The van der Waals surface area contributed by atoms with Crippen molar-refractivity contribution in [1.82, 2.24) is 14.8 Å². The molecule has 2 heterocycles. The van der Waals surface area contributed by atoms with Gasteiger partial charge in [-0.25, -0.2) is 4.98 Å². The van der Waals surface area contributed by atoms with Crippen molar-refractivity contribution in [3.63, 3.8) is 0 Å². The number of fused-ring (bicyclic) bond motifs is 1. The first kappa shape index (κ1) is 19.1. The number of amides is 1.